The highest BCUT2D eigenvalue weighted by Gasteiger charge is 2.17. The summed E-state index contributed by atoms with van der Waals surface area (Å²) in [5.41, 5.74) is 3.56. The second kappa shape index (κ2) is 5.53. The molecule has 4 aromatic rings. The van der Waals surface area contributed by atoms with E-state index in [-0.39, 0.29) is 0 Å². The number of nitrogens with zero attached hydrogens (tertiary/aromatic N) is 4. The molecule has 0 atom stereocenters. The van der Waals surface area contributed by atoms with E-state index in [4.69, 9.17) is 4.74 Å². The summed E-state index contributed by atoms with van der Waals surface area (Å²) in [6.45, 7) is 0. The van der Waals surface area contributed by atoms with Crippen LogP contribution in [0.4, 0.5) is 0 Å². The van der Waals surface area contributed by atoms with Gasteiger partial charge in [0.1, 0.15) is 0 Å². The van der Waals surface area contributed by atoms with E-state index in [1.165, 1.54) is 0 Å². The quantitative estimate of drug-likeness (QED) is 0.581. The minimum atomic E-state index is 0.458. The van der Waals surface area contributed by atoms with E-state index in [0.717, 1.165) is 22.6 Å². The molecule has 0 bridgehead atoms. The Bertz CT molecular complexity index is 949. The molecule has 0 spiro atoms. The highest BCUT2D eigenvalue weighted by atomic mass is 16.5. The molecule has 0 radical (unpaired) electrons. The van der Waals surface area contributed by atoms with E-state index in [0.29, 0.717) is 11.5 Å². The van der Waals surface area contributed by atoms with Crippen LogP contribution in [0.25, 0.3) is 28.3 Å². The molecular weight excluding hydrogens is 288 g/mol. The van der Waals surface area contributed by atoms with E-state index in [1.807, 2.05) is 65.1 Å². The second-order valence-electron chi connectivity index (χ2n) is 5.07. The molecule has 23 heavy (non-hydrogen) atoms. The minimum Gasteiger partial charge on any atom is -0.478 e. The van der Waals surface area contributed by atoms with Gasteiger partial charge in [-0.15, -0.1) is 10.2 Å². The topological polar surface area (TPSA) is 52.3 Å². The van der Waals surface area contributed by atoms with Gasteiger partial charge in [-0.2, -0.15) is 0 Å². The molecule has 4 rings (SSSR count). The van der Waals surface area contributed by atoms with Crippen molar-refractivity contribution in [3.8, 4) is 28.5 Å². The van der Waals surface area contributed by atoms with Crippen molar-refractivity contribution < 1.29 is 4.74 Å². The first kappa shape index (κ1) is 13.5. The van der Waals surface area contributed by atoms with Crippen molar-refractivity contribution in [2.75, 3.05) is 7.11 Å². The van der Waals surface area contributed by atoms with Crippen molar-refractivity contribution in [3.05, 3.63) is 66.9 Å². The summed E-state index contributed by atoms with van der Waals surface area (Å²) in [6, 6.07) is 20.0. The number of methoxy groups -OCH3 is 1. The Morgan fingerprint density at radius 2 is 1.48 bits per heavy atom. The Hall–Kier alpha value is -3.21. The molecule has 0 amide bonds. The first-order chi connectivity index (χ1) is 11.4. The SMILES string of the molecule is COc1ncc(-c2ccccc2)n2c(-c3ccccc3)nnc12. The molecule has 0 unspecified atom stereocenters. The highest BCUT2D eigenvalue weighted by molar-refractivity contribution is 5.70. The van der Waals surface area contributed by atoms with Gasteiger partial charge in [0.25, 0.3) is 5.88 Å². The van der Waals surface area contributed by atoms with Gasteiger partial charge < -0.3 is 4.74 Å². The van der Waals surface area contributed by atoms with Crippen LogP contribution in [-0.4, -0.2) is 26.7 Å². The maximum absolute atomic E-state index is 5.33. The predicted octanol–water partition coefficient (Wildman–Crippen LogP) is 3.47. The normalized spacial score (nSPS) is 10.8. The Labute approximate surface area is 133 Å². The largest absolute Gasteiger partial charge is 0.478 e. The first-order valence-corrected chi connectivity index (χ1v) is 7.27. The van der Waals surface area contributed by atoms with Crippen LogP contribution in [-0.2, 0) is 0 Å². The summed E-state index contributed by atoms with van der Waals surface area (Å²) in [6.07, 6.45) is 1.79. The summed E-state index contributed by atoms with van der Waals surface area (Å²) in [7, 11) is 1.58. The molecule has 0 saturated heterocycles. The van der Waals surface area contributed by atoms with Crippen LogP contribution in [0.3, 0.4) is 0 Å². The van der Waals surface area contributed by atoms with Crippen LogP contribution in [0.1, 0.15) is 0 Å². The van der Waals surface area contributed by atoms with Crippen molar-refractivity contribution in [2.45, 2.75) is 0 Å². The maximum Gasteiger partial charge on any atom is 0.260 e. The summed E-state index contributed by atoms with van der Waals surface area (Å²) in [5.74, 6) is 1.22. The monoisotopic (exact) mass is 302 g/mol. The van der Waals surface area contributed by atoms with Gasteiger partial charge in [-0.3, -0.25) is 4.40 Å². The summed E-state index contributed by atoms with van der Waals surface area (Å²) >= 11 is 0. The highest BCUT2D eigenvalue weighted by Crippen LogP contribution is 2.28. The summed E-state index contributed by atoms with van der Waals surface area (Å²) < 4.78 is 7.32. The lowest BCUT2D eigenvalue weighted by molar-refractivity contribution is 0.400. The van der Waals surface area contributed by atoms with Crippen molar-refractivity contribution in [3.63, 3.8) is 0 Å². The first-order valence-electron chi connectivity index (χ1n) is 7.27. The van der Waals surface area contributed by atoms with Crippen LogP contribution < -0.4 is 4.74 Å². The van der Waals surface area contributed by atoms with Gasteiger partial charge in [0.2, 0.25) is 5.65 Å². The average Bonchev–Trinajstić information content (AvgIpc) is 3.07. The lowest BCUT2D eigenvalue weighted by atomic mass is 10.1. The number of hydrogen-bond donors (Lipinski definition) is 0. The van der Waals surface area contributed by atoms with E-state index in [9.17, 15) is 0 Å². The van der Waals surface area contributed by atoms with Crippen molar-refractivity contribution in [2.24, 2.45) is 0 Å². The fourth-order valence-corrected chi connectivity index (χ4v) is 2.62. The third-order valence-corrected chi connectivity index (χ3v) is 3.69. The molecule has 2 aromatic carbocycles. The Kier molecular flexibility index (Phi) is 3.24. The molecule has 0 saturated carbocycles. The van der Waals surface area contributed by atoms with Crippen molar-refractivity contribution in [1.82, 2.24) is 19.6 Å². The molecule has 5 heteroatoms. The Morgan fingerprint density at radius 3 is 2.13 bits per heavy atom. The molecular formula is C18H14N4O. The number of rotatable bonds is 3. The third-order valence-electron chi connectivity index (χ3n) is 3.69. The van der Waals surface area contributed by atoms with Crippen molar-refractivity contribution in [1.29, 1.82) is 0 Å². The van der Waals surface area contributed by atoms with Crippen LogP contribution >= 0.6 is 0 Å². The fraction of sp³-hybridized carbons (Fsp3) is 0.0556. The number of ether oxygens (including phenoxy) is 1. The second-order valence-corrected chi connectivity index (χ2v) is 5.07. The molecule has 0 aliphatic rings. The standard InChI is InChI=1S/C18H14N4O/c1-23-18-17-21-20-16(14-10-6-3-7-11-14)22(17)15(12-19-18)13-8-4-2-5-9-13/h2-12H,1H3. The van der Waals surface area contributed by atoms with Gasteiger partial charge in [0.15, 0.2) is 5.82 Å². The van der Waals surface area contributed by atoms with Crippen molar-refractivity contribution >= 4 is 5.65 Å². The zero-order valence-corrected chi connectivity index (χ0v) is 12.5. The minimum absolute atomic E-state index is 0.458. The fourth-order valence-electron chi connectivity index (χ4n) is 2.62. The van der Waals surface area contributed by atoms with E-state index >= 15 is 0 Å². The number of fused-ring (bicyclic) bond motifs is 1. The van der Waals surface area contributed by atoms with Crippen LogP contribution in [0.2, 0.25) is 0 Å². The lowest BCUT2D eigenvalue weighted by Crippen LogP contribution is -1.99. The zero-order valence-electron chi connectivity index (χ0n) is 12.5. The Balaban J connectivity index is 2.06. The molecule has 0 aliphatic heterocycles. The van der Waals surface area contributed by atoms with E-state index in [1.54, 1.807) is 13.3 Å². The molecule has 5 nitrogen and oxygen atoms in total. The van der Waals surface area contributed by atoms with Crippen LogP contribution in [0, 0.1) is 0 Å². The maximum atomic E-state index is 5.33. The molecule has 0 N–H and O–H groups in total. The van der Waals surface area contributed by atoms with E-state index < -0.39 is 0 Å². The molecule has 2 aromatic heterocycles. The van der Waals surface area contributed by atoms with Gasteiger partial charge in [-0.1, -0.05) is 60.7 Å². The lowest BCUT2D eigenvalue weighted by Gasteiger charge is -2.09. The average molecular weight is 302 g/mol. The number of hydrogen-bond acceptors (Lipinski definition) is 4. The number of benzene rings is 2. The van der Waals surface area contributed by atoms with Gasteiger partial charge >= 0.3 is 0 Å². The summed E-state index contributed by atoms with van der Waals surface area (Å²) in [5, 5.41) is 8.63. The summed E-state index contributed by atoms with van der Waals surface area (Å²) in [4.78, 5) is 4.36. The molecule has 0 aliphatic carbocycles. The van der Waals surface area contributed by atoms with Gasteiger partial charge in [-0.25, -0.2) is 4.98 Å². The van der Waals surface area contributed by atoms with E-state index in [2.05, 4.69) is 15.2 Å². The van der Waals surface area contributed by atoms with Crippen LogP contribution in [0.5, 0.6) is 5.88 Å². The molecule has 112 valence electrons. The zero-order chi connectivity index (χ0) is 15.6. The van der Waals surface area contributed by atoms with Gasteiger partial charge in [-0.05, 0) is 0 Å². The van der Waals surface area contributed by atoms with Gasteiger partial charge in [0.05, 0.1) is 19.0 Å². The smallest absolute Gasteiger partial charge is 0.260 e. The van der Waals surface area contributed by atoms with Gasteiger partial charge in [0, 0.05) is 11.1 Å². The third kappa shape index (κ3) is 2.23. The predicted molar refractivity (Wildman–Crippen MR) is 88.2 cm³/mol. The Morgan fingerprint density at radius 1 is 0.826 bits per heavy atom. The molecule has 0 fully saturated rings. The molecule has 2 heterocycles. The van der Waals surface area contributed by atoms with Crippen LogP contribution in [0.15, 0.2) is 66.9 Å². The number of aromatic nitrogens is 4.